The minimum absolute atomic E-state index is 0.561. The van der Waals surface area contributed by atoms with Gasteiger partial charge in [-0.3, -0.25) is 0 Å². The summed E-state index contributed by atoms with van der Waals surface area (Å²) in [5.41, 5.74) is 0. The molecule has 1 nitrogen and oxygen atoms in total. The molecule has 0 aromatic rings. The fraction of sp³-hybridized carbons (Fsp3) is 0.900. The van der Waals surface area contributed by atoms with E-state index < -0.39 is 0 Å². The molecule has 2 rings (SSSR count). The molecule has 0 aromatic heterocycles. The van der Waals surface area contributed by atoms with Gasteiger partial charge in [0.2, 0.25) is 0 Å². The van der Waals surface area contributed by atoms with Crippen molar-refractivity contribution >= 4 is 0 Å². The Balaban J connectivity index is 1.82. The molecule has 0 amide bonds. The molecule has 2 fully saturated rings. The van der Waals surface area contributed by atoms with Crippen LogP contribution in [0.15, 0.2) is 0 Å². The molecule has 1 saturated heterocycles. The van der Waals surface area contributed by atoms with E-state index in [0.717, 1.165) is 6.61 Å². The van der Waals surface area contributed by atoms with Crippen molar-refractivity contribution in [2.24, 2.45) is 0 Å². The third kappa shape index (κ3) is 1.76. The summed E-state index contributed by atoms with van der Waals surface area (Å²) in [4.78, 5) is 0. The standard InChI is InChI=1S/C10H17O/c1-2-6-9(5-1)10-7-3-4-8-11-10/h10H,1-8H2. The van der Waals surface area contributed by atoms with Gasteiger partial charge in [-0.2, -0.15) is 0 Å². The SMILES string of the molecule is C1CCC([C]2CCCC2)OC1. The molecule has 2 aliphatic rings. The fourth-order valence-corrected chi connectivity index (χ4v) is 2.21. The monoisotopic (exact) mass is 153 g/mol. The normalized spacial score (nSPS) is 34.4. The van der Waals surface area contributed by atoms with Crippen molar-refractivity contribution in [1.82, 2.24) is 0 Å². The van der Waals surface area contributed by atoms with Crippen molar-refractivity contribution in [1.29, 1.82) is 0 Å². The summed E-state index contributed by atoms with van der Waals surface area (Å²) in [5.74, 6) is 1.71. The number of rotatable bonds is 1. The first kappa shape index (κ1) is 7.60. The first-order valence-electron chi connectivity index (χ1n) is 4.93. The highest BCUT2D eigenvalue weighted by molar-refractivity contribution is 5.02. The van der Waals surface area contributed by atoms with Gasteiger partial charge in [0.1, 0.15) is 0 Å². The van der Waals surface area contributed by atoms with E-state index in [1.165, 1.54) is 44.9 Å². The fourth-order valence-electron chi connectivity index (χ4n) is 2.21. The van der Waals surface area contributed by atoms with E-state index in [0.29, 0.717) is 6.10 Å². The van der Waals surface area contributed by atoms with Gasteiger partial charge in [0.15, 0.2) is 0 Å². The van der Waals surface area contributed by atoms with E-state index in [9.17, 15) is 0 Å². The van der Waals surface area contributed by atoms with Crippen LogP contribution in [0, 0.1) is 5.92 Å². The second-order valence-electron chi connectivity index (χ2n) is 3.72. The molecule has 0 bridgehead atoms. The second-order valence-corrected chi connectivity index (χ2v) is 3.72. The Morgan fingerprint density at radius 1 is 1.00 bits per heavy atom. The van der Waals surface area contributed by atoms with E-state index in [1.54, 1.807) is 5.92 Å². The Hall–Kier alpha value is -0.0400. The number of hydrogen-bond acceptors (Lipinski definition) is 1. The van der Waals surface area contributed by atoms with Crippen molar-refractivity contribution in [2.45, 2.75) is 51.0 Å². The topological polar surface area (TPSA) is 9.23 Å². The second kappa shape index (κ2) is 3.57. The molecule has 0 spiro atoms. The van der Waals surface area contributed by atoms with Crippen molar-refractivity contribution in [3.05, 3.63) is 5.92 Å². The van der Waals surface area contributed by atoms with Gasteiger partial charge >= 0.3 is 0 Å². The van der Waals surface area contributed by atoms with Crippen LogP contribution in [0.1, 0.15) is 44.9 Å². The molecule has 1 aliphatic carbocycles. The van der Waals surface area contributed by atoms with E-state index in [-0.39, 0.29) is 0 Å². The summed E-state index contributed by atoms with van der Waals surface area (Å²) >= 11 is 0. The van der Waals surface area contributed by atoms with Crippen LogP contribution in [0.4, 0.5) is 0 Å². The molecule has 0 N–H and O–H groups in total. The quantitative estimate of drug-likeness (QED) is 0.562. The largest absolute Gasteiger partial charge is 0.378 e. The van der Waals surface area contributed by atoms with Crippen LogP contribution in [0.5, 0.6) is 0 Å². The van der Waals surface area contributed by atoms with Gasteiger partial charge in [0.05, 0.1) is 6.10 Å². The van der Waals surface area contributed by atoms with Crippen molar-refractivity contribution in [3.8, 4) is 0 Å². The number of hydrogen-bond donors (Lipinski definition) is 0. The molecule has 1 saturated carbocycles. The van der Waals surface area contributed by atoms with Crippen LogP contribution in [0.25, 0.3) is 0 Å². The molecule has 1 atom stereocenters. The Bertz CT molecular complexity index is 110. The predicted molar refractivity (Wildman–Crippen MR) is 45.3 cm³/mol. The highest BCUT2D eigenvalue weighted by Crippen LogP contribution is 2.34. The third-order valence-corrected chi connectivity index (χ3v) is 2.88. The third-order valence-electron chi connectivity index (χ3n) is 2.88. The van der Waals surface area contributed by atoms with Crippen molar-refractivity contribution in [2.75, 3.05) is 6.61 Å². The van der Waals surface area contributed by atoms with E-state index in [4.69, 9.17) is 4.74 Å². The van der Waals surface area contributed by atoms with Crippen molar-refractivity contribution in [3.63, 3.8) is 0 Å². The van der Waals surface area contributed by atoms with E-state index in [1.807, 2.05) is 0 Å². The zero-order valence-electron chi connectivity index (χ0n) is 7.14. The lowest BCUT2D eigenvalue weighted by atomic mass is 9.94. The van der Waals surface area contributed by atoms with Crippen LogP contribution in [-0.2, 0) is 4.74 Å². The highest BCUT2D eigenvalue weighted by Gasteiger charge is 2.27. The van der Waals surface area contributed by atoms with Gasteiger partial charge in [-0.1, -0.05) is 12.8 Å². The summed E-state index contributed by atoms with van der Waals surface area (Å²) in [6.45, 7) is 1.01. The van der Waals surface area contributed by atoms with Gasteiger partial charge in [0.25, 0.3) is 0 Å². The average Bonchev–Trinajstić information content (AvgIpc) is 2.58. The zero-order valence-corrected chi connectivity index (χ0v) is 7.14. The average molecular weight is 153 g/mol. The smallest absolute Gasteiger partial charge is 0.0637 e. The first-order chi connectivity index (χ1) is 5.47. The summed E-state index contributed by atoms with van der Waals surface area (Å²) in [6.07, 6.45) is 10.1. The minimum atomic E-state index is 0.561. The molecular weight excluding hydrogens is 136 g/mol. The Morgan fingerprint density at radius 3 is 2.45 bits per heavy atom. The summed E-state index contributed by atoms with van der Waals surface area (Å²) in [6, 6.07) is 0. The molecule has 1 aliphatic heterocycles. The highest BCUT2D eigenvalue weighted by atomic mass is 16.5. The van der Waals surface area contributed by atoms with Crippen LogP contribution in [0.3, 0.4) is 0 Å². The van der Waals surface area contributed by atoms with Gasteiger partial charge in [-0.25, -0.2) is 0 Å². The van der Waals surface area contributed by atoms with Gasteiger partial charge in [0, 0.05) is 12.5 Å². The van der Waals surface area contributed by atoms with Gasteiger partial charge < -0.3 is 4.74 Å². The maximum absolute atomic E-state index is 5.72. The molecule has 1 heteroatoms. The first-order valence-corrected chi connectivity index (χ1v) is 4.93. The van der Waals surface area contributed by atoms with Crippen LogP contribution in [-0.4, -0.2) is 12.7 Å². The maximum Gasteiger partial charge on any atom is 0.0637 e. The van der Waals surface area contributed by atoms with Gasteiger partial charge in [-0.15, -0.1) is 0 Å². The van der Waals surface area contributed by atoms with Crippen molar-refractivity contribution < 1.29 is 4.74 Å². The minimum Gasteiger partial charge on any atom is -0.378 e. The molecule has 1 heterocycles. The molecule has 1 radical (unpaired) electrons. The Morgan fingerprint density at radius 2 is 1.82 bits per heavy atom. The summed E-state index contributed by atoms with van der Waals surface area (Å²) in [5, 5.41) is 0. The lowest BCUT2D eigenvalue weighted by Crippen LogP contribution is -2.24. The van der Waals surface area contributed by atoms with E-state index >= 15 is 0 Å². The maximum atomic E-state index is 5.72. The molecular formula is C10H17O. The molecule has 1 unspecified atom stereocenters. The molecule has 11 heavy (non-hydrogen) atoms. The molecule has 63 valence electrons. The lowest BCUT2D eigenvalue weighted by molar-refractivity contribution is 0.0230. The Kier molecular flexibility index (Phi) is 2.47. The van der Waals surface area contributed by atoms with Crippen LogP contribution in [0.2, 0.25) is 0 Å². The lowest BCUT2D eigenvalue weighted by Gasteiger charge is -2.27. The summed E-state index contributed by atoms with van der Waals surface area (Å²) in [7, 11) is 0. The van der Waals surface area contributed by atoms with Gasteiger partial charge in [-0.05, 0) is 32.1 Å². The van der Waals surface area contributed by atoms with Crippen LogP contribution < -0.4 is 0 Å². The Labute approximate surface area is 69.1 Å². The van der Waals surface area contributed by atoms with E-state index in [2.05, 4.69) is 0 Å². The summed E-state index contributed by atoms with van der Waals surface area (Å²) < 4.78 is 5.72. The molecule has 0 aromatic carbocycles. The van der Waals surface area contributed by atoms with Crippen LogP contribution >= 0.6 is 0 Å². The predicted octanol–water partition coefficient (Wildman–Crippen LogP) is 2.70. The zero-order chi connectivity index (χ0) is 7.52. The number of ether oxygens (including phenoxy) is 1.